The van der Waals surface area contributed by atoms with E-state index >= 15 is 0 Å². The van der Waals surface area contributed by atoms with Crippen molar-refractivity contribution in [2.45, 2.75) is 156 Å². The molecule has 31 heavy (non-hydrogen) atoms. The van der Waals surface area contributed by atoms with Gasteiger partial charge < -0.3 is 4.90 Å². The van der Waals surface area contributed by atoms with Gasteiger partial charge in [-0.3, -0.25) is 0 Å². The molecule has 0 saturated heterocycles. The Bertz CT molecular complexity index is 424. The fourth-order valence-corrected chi connectivity index (χ4v) is 5.17. The molecule has 0 aromatic heterocycles. The highest BCUT2D eigenvalue weighted by Gasteiger charge is 2.31. The van der Waals surface area contributed by atoms with Crippen LogP contribution in [0, 0.1) is 5.92 Å². The first kappa shape index (κ1) is 28.7. The molecule has 1 saturated carbocycles. The van der Waals surface area contributed by atoms with Crippen molar-refractivity contribution in [2.24, 2.45) is 5.92 Å². The molecule has 0 bridgehead atoms. The number of allylic oxidation sites excluding steroid dienone is 2. The van der Waals surface area contributed by atoms with E-state index in [0.717, 1.165) is 5.92 Å². The molecule has 1 rings (SSSR count). The number of hydrogen-bond acceptors (Lipinski definition) is 1. The van der Waals surface area contributed by atoms with Gasteiger partial charge in [0.15, 0.2) is 0 Å². The SMILES string of the molecule is CCCCCCCN(CCCCC)CCCCCCCC1C/C1=C(\CCC)CCCC. The number of rotatable bonds is 23. The maximum Gasteiger partial charge on any atom is -0.00187 e. The average Bonchev–Trinajstić information content (AvgIpc) is 3.54. The van der Waals surface area contributed by atoms with Crippen LogP contribution < -0.4 is 0 Å². The van der Waals surface area contributed by atoms with Crippen molar-refractivity contribution in [2.75, 3.05) is 19.6 Å². The molecule has 0 spiro atoms. The second-order valence-electron chi connectivity index (χ2n) is 10.4. The lowest BCUT2D eigenvalue weighted by Gasteiger charge is -2.22. The van der Waals surface area contributed by atoms with Crippen LogP contribution >= 0.6 is 0 Å². The third kappa shape index (κ3) is 15.2. The van der Waals surface area contributed by atoms with E-state index in [-0.39, 0.29) is 0 Å². The minimum Gasteiger partial charge on any atom is -0.303 e. The Kier molecular flexibility index (Phi) is 18.8. The zero-order chi connectivity index (χ0) is 22.6. The Labute approximate surface area is 197 Å². The number of nitrogens with zero attached hydrogens (tertiary/aromatic N) is 1. The van der Waals surface area contributed by atoms with E-state index in [9.17, 15) is 0 Å². The highest BCUT2D eigenvalue weighted by atomic mass is 15.1. The van der Waals surface area contributed by atoms with E-state index in [0.29, 0.717) is 0 Å². The molecule has 0 amide bonds. The van der Waals surface area contributed by atoms with Crippen LogP contribution in [0.3, 0.4) is 0 Å². The molecule has 0 radical (unpaired) electrons. The summed E-state index contributed by atoms with van der Waals surface area (Å²) in [6, 6.07) is 0. The first-order valence-corrected chi connectivity index (χ1v) is 14.7. The fraction of sp³-hybridized carbons (Fsp3) is 0.933. The van der Waals surface area contributed by atoms with Gasteiger partial charge in [0.1, 0.15) is 0 Å². The molecule has 1 heteroatoms. The van der Waals surface area contributed by atoms with E-state index in [2.05, 4.69) is 32.6 Å². The van der Waals surface area contributed by atoms with Crippen LogP contribution in [-0.4, -0.2) is 24.5 Å². The van der Waals surface area contributed by atoms with Crippen LogP contribution in [0.1, 0.15) is 156 Å². The number of hydrogen-bond donors (Lipinski definition) is 0. The Hall–Kier alpha value is -0.300. The van der Waals surface area contributed by atoms with Crippen molar-refractivity contribution in [1.29, 1.82) is 0 Å². The predicted molar refractivity (Wildman–Crippen MR) is 142 cm³/mol. The van der Waals surface area contributed by atoms with Crippen LogP contribution in [0.5, 0.6) is 0 Å². The topological polar surface area (TPSA) is 3.24 Å². The normalized spacial score (nSPS) is 17.5. The van der Waals surface area contributed by atoms with Crippen LogP contribution in [0.25, 0.3) is 0 Å². The van der Waals surface area contributed by atoms with Crippen LogP contribution in [-0.2, 0) is 0 Å². The average molecular weight is 434 g/mol. The standard InChI is InChI=1S/C30H59N/c1-5-9-12-15-19-25-31(24-18-10-6-2)26-20-16-13-14-17-23-29-27-30(29)28(21-8-4)22-11-7-3/h29H,5-27H2,1-4H3/b30-28-. The van der Waals surface area contributed by atoms with Crippen molar-refractivity contribution < 1.29 is 0 Å². The van der Waals surface area contributed by atoms with Gasteiger partial charge in [-0.15, -0.1) is 0 Å². The largest absolute Gasteiger partial charge is 0.303 e. The lowest BCUT2D eigenvalue weighted by molar-refractivity contribution is 0.255. The predicted octanol–water partition coefficient (Wildman–Crippen LogP) is 10.1. The molecule has 0 heterocycles. The molecule has 1 aliphatic carbocycles. The first-order chi connectivity index (χ1) is 15.3. The zero-order valence-electron chi connectivity index (χ0n) is 22.3. The molecule has 1 aliphatic rings. The van der Waals surface area contributed by atoms with Crippen LogP contribution in [0.15, 0.2) is 11.1 Å². The van der Waals surface area contributed by atoms with Gasteiger partial charge in [-0.05, 0) is 76.9 Å². The second-order valence-corrected chi connectivity index (χ2v) is 10.4. The van der Waals surface area contributed by atoms with Crippen molar-refractivity contribution in [3.05, 3.63) is 11.1 Å². The monoisotopic (exact) mass is 433 g/mol. The van der Waals surface area contributed by atoms with Crippen LogP contribution in [0.2, 0.25) is 0 Å². The van der Waals surface area contributed by atoms with E-state index < -0.39 is 0 Å². The quantitative estimate of drug-likeness (QED) is 0.114. The summed E-state index contributed by atoms with van der Waals surface area (Å²) in [6.45, 7) is 13.4. The summed E-state index contributed by atoms with van der Waals surface area (Å²) < 4.78 is 0. The Balaban J connectivity index is 2.11. The molecule has 1 unspecified atom stereocenters. The van der Waals surface area contributed by atoms with E-state index in [1.165, 1.54) is 148 Å². The highest BCUT2D eigenvalue weighted by molar-refractivity contribution is 5.30. The summed E-state index contributed by atoms with van der Waals surface area (Å²) in [7, 11) is 0. The van der Waals surface area contributed by atoms with Gasteiger partial charge in [0.25, 0.3) is 0 Å². The van der Waals surface area contributed by atoms with Gasteiger partial charge >= 0.3 is 0 Å². The third-order valence-electron chi connectivity index (χ3n) is 7.32. The van der Waals surface area contributed by atoms with Gasteiger partial charge in [-0.1, -0.05) is 116 Å². The van der Waals surface area contributed by atoms with Crippen molar-refractivity contribution in [1.82, 2.24) is 4.90 Å². The van der Waals surface area contributed by atoms with E-state index in [1.807, 2.05) is 11.1 Å². The Morgan fingerprint density at radius 1 is 0.581 bits per heavy atom. The van der Waals surface area contributed by atoms with Gasteiger partial charge in [-0.25, -0.2) is 0 Å². The summed E-state index contributed by atoms with van der Waals surface area (Å²) in [4.78, 5) is 2.79. The smallest absolute Gasteiger partial charge is 0.00187 e. The molecule has 1 fully saturated rings. The lowest BCUT2D eigenvalue weighted by atomic mass is 10.0. The van der Waals surface area contributed by atoms with Gasteiger partial charge in [0.2, 0.25) is 0 Å². The minimum atomic E-state index is 0.986. The van der Waals surface area contributed by atoms with Crippen molar-refractivity contribution in [3.8, 4) is 0 Å². The molecule has 1 atom stereocenters. The summed E-state index contributed by atoms with van der Waals surface area (Å²) in [5.41, 5.74) is 3.74. The maximum atomic E-state index is 2.79. The van der Waals surface area contributed by atoms with Gasteiger partial charge in [-0.2, -0.15) is 0 Å². The second kappa shape index (κ2) is 20.3. The Morgan fingerprint density at radius 2 is 1.10 bits per heavy atom. The van der Waals surface area contributed by atoms with Gasteiger partial charge in [0.05, 0.1) is 0 Å². The number of unbranched alkanes of at least 4 members (excludes halogenated alkanes) is 11. The van der Waals surface area contributed by atoms with Gasteiger partial charge in [0, 0.05) is 0 Å². The van der Waals surface area contributed by atoms with Crippen molar-refractivity contribution >= 4 is 0 Å². The summed E-state index contributed by atoms with van der Waals surface area (Å²) >= 11 is 0. The zero-order valence-corrected chi connectivity index (χ0v) is 22.3. The molecule has 0 N–H and O–H groups in total. The Morgan fingerprint density at radius 3 is 1.71 bits per heavy atom. The molecule has 0 aliphatic heterocycles. The molecular formula is C30H59N. The van der Waals surface area contributed by atoms with Crippen LogP contribution in [0.4, 0.5) is 0 Å². The maximum absolute atomic E-state index is 2.79. The molecule has 0 aromatic rings. The van der Waals surface area contributed by atoms with E-state index in [4.69, 9.17) is 0 Å². The fourth-order valence-electron chi connectivity index (χ4n) is 5.17. The van der Waals surface area contributed by atoms with E-state index in [1.54, 1.807) is 0 Å². The van der Waals surface area contributed by atoms with Crippen molar-refractivity contribution in [3.63, 3.8) is 0 Å². The summed E-state index contributed by atoms with van der Waals surface area (Å²) in [6.07, 6.45) is 28.3. The molecule has 0 aromatic carbocycles. The summed E-state index contributed by atoms with van der Waals surface area (Å²) in [5.74, 6) is 0.986. The molecular weight excluding hydrogens is 374 g/mol. The summed E-state index contributed by atoms with van der Waals surface area (Å²) in [5, 5.41) is 0. The first-order valence-electron chi connectivity index (χ1n) is 14.7. The third-order valence-corrected chi connectivity index (χ3v) is 7.32. The lowest BCUT2D eigenvalue weighted by Crippen LogP contribution is -2.27. The molecule has 1 nitrogen and oxygen atoms in total. The highest BCUT2D eigenvalue weighted by Crippen LogP contribution is 2.46. The molecule has 184 valence electrons. The minimum absolute atomic E-state index is 0.986.